The van der Waals surface area contributed by atoms with E-state index in [9.17, 15) is 13.6 Å². The second kappa shape index (κ2) is 9.69. The first-order valence-corrected chi connectivity index (χ1v) is 9.66. The summed E-state index contributed by atoms with van der Waals surface area (Å²) < 4.78 is 25.9. The van der Waals surface area contributed by atoms with Gasteiger partial charge in [0, 0.05) is 22.9 Å². The Kier molecular flexibility index (Phi) is 7.59. The number of halogens is 2. The Morgan fingerprint density at radius 1 is 1.08 bits per heavy atom. The molecule has 0 fully saturated rings. The lowest BCUT2D eigenvalue weighted by Gasteiger charge is -2.06. The summed E-state index contributed by atoms with van der Waals surface area (Å²) in [6.45, 7) is 2.65. The normalized spacial score (nSPS) is 10.6. The molecule has 1 amide bonds. The summed E-state index contributed by atoms with van der Waals surface area (Å²) in [6.07, 6.45) is 0. The van der Waals surface area contributed by atoms with Crippen molar-refractivity contribution in [2.45, 2.75) is 17.6 Å². The van der Waals surface area contributed by atoms with Gasteiger partial charge in [0.2, 0.25) is 5.91 Å². The maximum absolute atomic E-state index is 13.1. The molecule has 0 heterocycles. The number of hydrogen-bond acceptors (Lipinski definition) is 3. The van der Waals surface area contributed by atoms with E-state index in [2.05, 4.69) is 36.5 Å². The molecule has 2 nitrogen and oxygen atoms in total. The van der Waals surface area contributed by atoms with Crippen molar-refractivity contribution in [3.8, 4) is 0 Å². The zero-order valence-corrected chi connectivity index (χ0v) is 15.0. The van der Waals surface area contributed by atoms with Gasteiger partial charge in [-0.2, -0.15) is 11.8 Å². The summed E-state index contributed by atoms with van der Waals surface area (Å²) >= 11 is 2.95. The molecule has 0 aromatic heterocycles. The van der Waals surface area contributed by atoms with Crippen molar-refractivity contribution in [1.29, 1.82) is 0 Å². The molecule has 0 aliphatic heterocycles. The van der Waals surface area contributed by atoms with Gasteiger partial charge in [-0.25, -0.2) is 8.78 Å². The number of hydrogen-bond donors (Lipinski definition) is 1. The molecule has 0 aliphatic rings. The number of carbonyl (C=O) groups excluding carboxylic acids is 1. The fourth-order valence-electron chi connectivity index (χ4n) is 1.90. The molecule has 2 aromatic rings. The van der Waals surface area contributed by atoms with E-state index >= 15 is 0 Å². The lowest BCUT2D eigenvalue weighted by Crippen LogP contribution is -2.27. The van der Waals surface area contributed by atoms with Crippen LogP contribution in [0.2, 0.25) is 0 Å². The quantitative estimate of drug-likeness (QED) is 0.553. The van der Waals surface area contributed by atoms with E-state index in [1.807, 2.05) is 0 Å². The minimum Gasteiger partial charge on any atom is -0.355 e. The zero-order chi connectivity index (χ0) is 17.4. The minimum atomic E-state index is -0.895. The fourth-order valence-corrected chi connectivity index (χ4v) is 3.47. The van der Waals surface area contributed by atoms with Gasteiger partial charge in [0.15, 0.2) is 11.6 Å². The number of aryl methyl sites for hydroxylation is 1. The van der Waals surface area contributed by atoms with Gasteiger partial charge in [-0.3, -0.25) is 4.79 Å². The van der Waals surface area contributed by atoms with E-state index in [4.69, 9.17) is 0 Å². The Bertz CT molecular complexity index is 677. The number of rotatable bonds is 8. The van der Waals surface area contributed by atoms with Crippen LogP contribution in [0, 0.1) is 18.6 Å². The van der Waals surface area contributed by atoms with Gasteiger partial charge in [0.05, 0.1) is 5.75 Å². The molecule has 6 heteroatoms. The van der Waals surface area contributed by atoms with Gasteiger partial charge < -0.3 is 5.32 Å². The average Bonchev–Trinajstić information content (AvgIpc) is 2.57. The SMILES string of the molecule is Cc1ccc(CSCCNC(=O)CSc2ccc(F)c(F)c2)cc1. The first-order valence-electron chi connectivity index (χ1n) is 7.52. The fraction of sp³-hybridized carbons (Fsp3) is 0.278. The molecule has 0 aliphatic carbocycles. The van der Waals surface area contributed by atoms with Crippen LogP contribution in [0.1, 0.15) is 11.1 Å². The van der Waals surface area contributed by atoms with Gasteiger partial charge in [-0.1, -0.05) is 29.8 Å². The standard InChI is InChI=1S/C18H19F2NOS2/c1-13-2-4-14(5-3-13)11-23-9-8-21-18(22)12-24-15-6-7-16(19)17(20)10-15/h2-7,10H,8-9,11-12H2,1H3,(H,21,22). The number of amides is 1. The van der Waals surface area contributed by atoms with E-state index in [1.165, 1.54) is 29.0 Å². The zero-order valence-electron chi connectivity index (χ0n) is 13.4. The molecule has 0 atom stereocenters. The van der Waals surface area contributed by atoms with Crippen LogP contribution in [0.4, 0.5) is 8.78 Å². The molecular weight excluding hydrogens is 348 g/mol. The van der Waals surface area contributed by atoms with Crippen molar-refractivity contribution >= 4 is 29.4 Å². The van der Waals surface area contributed by atoms with Crippen LogP contribution in [0.5, 0.6) is 0 Å². The molecule has 0 spiro atoms. The van der Waals surface area contributed by atoms with E-state index in [1.54, 1.807) is 11.8 Å². The van der Waals surface area contributed by atoms with Crippen molar-refractivity contribution in [2.24, 2.45) is 0 Å². The van der Waals surface area contributed by atoms with Crippen LogP contribution in [-0.4, -0.2) is 24.0 Å². The molecule has 2 aromatic carbocycles. The van der Waals surface area contributed by atoms with Gasteiger partial charge in [-0.05, 0) is 30.7 Å². The molecule has 0 saturated heterocycles. The summed E-state index contributed by atoms with van der Waals surface area (Å²) in [5, 5.41) is 2.83. The van der Waals surface area contributed by atoms with E-state index in [0.717, 1.165) is 23.6 Å². The summed E-state index contributed by atoms with van der Waals surface area (Å²) in [4.78, 5) is 12.3. The molecule has 0 unspecified atom stereocenters. The smallest absolute Gasteiger partial charge is 0.230 e. The van der Waals surface area contributed by atoms with Crippen LogP contribution < -0.4 is 5.32 Å². The number of nitrogens with one attached hydrogen (secondary N) is 1. The van der Waals surface area contributed by atoms with Crippen LogP contribution in [0.3, 0.4) is 0 Å². The predicted molar refractivity (Wildman–Crippen MR) is 97.4 cm³/mol. The third-order valence-electron chi connectivity index (χ3n) is 3.22. The van der Waals surface area contributed by atoms with E-state index < -0.39 is 11.6 Å². The predicted octanol–water partition coefficient (Wildman–Crippen LogP) is 4.41. The highest BCUT2D eigenvalue weighted by molar-refractivity contribution is 8.00. The maximum atomic E-state index is 13.1. The lowest BCUT2D eigenvalue weighted by molar-refractivity contribution is -0.118. The van der Waals surface area contributed by atoms with E-state index in [0.29, 0.717) is 11.4 Å². The van der Waals surface area contributed by atoms with Crippen molar-refractivity contribution in [3.63, 3.8) is 0 Å². The number of carbonyl (C=O) groups is 1. The van der Waals surface area contributed by atoms with Crippen LogP contribution in [0.25, 0.3) is 0 Å². The highest BCUT2D eigenvalue weighted by Gasteiger charge is 2.06. The minimum absolute atomic E-state index is 0.110. The lowest BCUT2D eigenvalue weighted by atomic mass is 10.2. The van der Waals surface area contributed by atoms with Crippen LogP contribution >= 0.6 is 23.5 Å². The molecule has 0 radical (unpaired) electrons. The molecule has 0 saturated carbocycles. The number of thioether (sulfide) groups is 2. The third kappa shape index (κ3) is 6.53. The van der Waals surface area contributed by atoms with Crippen molar-refractivity contribution in [1.82, 2.24) is 5.32 Å². The van der Waals surface area contributed by atoms with Gasteiger partial charge in [-0.15, -0.1) is 11.8 Å². The summed E-state index contributed by atoms with van der Waals surface area (Å²) in [5.74, 6) is 0.0473. The molecular formula is C18H19F2NOS2. The number of benzene rings is 2. The van der Waals surface area contributed by atoms with Crippen LogP contribution in [-0.2, 0) is 10.5 Å². The van der Waals surface area contributed by atoms with Gasteiger partial charge in [0.1, 0.15) is 0 Å². The molecule has 0 bridgehead atoms. The molecule has 128 valence electrons. The molecule has 24 heavy (non-hydrogen) atoms. The summed E-state index contributed by atoms with van der Waals surface area (Å²) in [7, 11) is 0. The first kappa shape index (κ1) is 18.8. The Labute approximate surface area is 149 Å². The Hall–Kier alpha value is -1.53. The second-order valence-corrected chi connectivity index (χ2v) is 7.41. The largest absolute Gasteiger partial charge is 0.355 e. The summed E-state index contributed by atoms with van der Waals surface area (Å²) in [6, 6.07) is 12.0. The van der Waals surface area contributed by atoms with Gasteiger partial charge in [0.25, 0.3) is 0 Å². The molecule has 1 N–H and O–H groups in total. The third-order valence-corrected chi connectivity index (χ3v) is 5.24. The average molecular weight is 367 g/mol. The van der Waals surface area contributed by atoms with Crippen LogP contribution in [0.15, 0.2) is 47.4 Å². The maximum Gasteiger partial charge on any atom is 0.230 e. The highest BCUT2D eigenvalue weighted by atomic mass is 32.2. The van der Waals surface area contributed by atoms with Crippen molar-refractivity contribution in [3.05, 3.63) is 65.2 Å². The van der Waals surface area contributed by atoms with Crippen molar-refractivity contribution in [2.75, 3.05) is 18.1 Å². The first-order chi connectivity index (χ1) is 11.5. The second-order valence-electron chi connectivity index (χ2n) is 5.25. The Morgan fingerprint density at radius 3 is 2.54 bits per heavy atom. The summed E-state index contributed by atoms with van der Waals surface area (Å²) in [5.41, 5.74) is 2.51. The van der Waals surface area contributed by atoms with Crippen molar-refractivity contribution < 1.29 is 13.6 Å². The van der Waals surface area contributed by atoms with E-state index in [-0.39, 0.29) is 11.7 Å². The van der Waals surface area contributed by atoms with Gasteiger partial charge >= 0.3 is 0 Å². The Morgan fingerprint density at radius 2 is 1.83 bits per heavy atom. The Balaban J connectivity index is 1.59. The highest BCUT2D eigenvalue weighted by Crippen LogP contribution is 2.20. The monoisotopic (exact) mass is 367 g/mol. The topological polar surface area (TPSA) is 29.1 Å². The molecule has 2 rings (SSSR count).